The minimum absolute atomic E-state index is 0.0910. The first kappa shape index (κ1) is 12.9. The van der Waals surface area contributed by atoms with E-state index in [0.717, 1.165) is 29.1 Å². The number of aromatic nitrogens is 2. The highest BCUT2D eigenvalue weighted by atomic mass is 16.5. The van der Waals surface area contributed by atoms with E-state index in [1.54, 1.807) is 6.07 Å². The number of nitrogens with one attached hydrogen (secondary N) is 1. The van der Waals surface area contributed by atoms with Gasteiger partial charge in [-0.25, -0.2) is 4.98 Å². The van der Waals surface area contributed by atoms with Gasteiger partial charge in [-0.15, -0.1) is 0 Å². The fourth-order valence-electron chi connectivity index (χ4n) is 2.67. The van der Waals surface area contributed by atoms with Crippen molar-refractivity contribution in [1.82, 2.24) is 14.7 Å². The van der Waals surface area contributed by atoms with Crippen LogP contribution in [0.1, 0.15) is 21.6 Å². The van der Waals surface area contributed by atoms with Gasteiger partial charge in [0.1, 0.15) is 11.4 Å². The molecular formula is C17H15N3O2. The minimum Gasteiger partial charge on any atom is -0.493 e. The van der Waals surface area contributed by atoms with E-state index in [9.17, 15) is 4.79 Å². The Kier molecular flexibility index (Phi) is 3.04. The summed E-state index contributed by atoms with van der Waals surface area (Å²) < 4.78 is 7.39. The van der Waals surface area contributed by atoms with E-state index < -0.39 is 0 Å². The summed E-state index contributed by atoms with van der Waals surface area (Å²) in [7, 11) is 0. The number of nitrogens with zero attached hydrogens (tertiary/aromatic N) is 2. The molecule has 0 atom stereocenters. The average molecular weight is 293 g/mol. The number of fused-ring (bicyclic) bond motifs is 2. The Hall–Kier alpha value is -2.82. The first-order chi connectivity index (χ1) is 10.8. The number of amides is 1. The zero-order valence-electron chi connectivity index (χ0n) is 12.0. The van der Waals surface area contributed by atoms with Gasteiger partial charge in [-0.3, -0.25) is 4.79 Å². The predicted octanol–water partition coefficient (Wildman–Crippen LogP) is 2.20. The summed E-state index contributed by atoms with van der Waals surface area (Å²) in [6.45, 7) is 1.11. The molecule has 0 saturated carbocycles. The molecule has 1 amide bonds. The zero-order valence-corrected chi connectivity index (χ0v) is 12.0. The van der Waals surface area contributed by atoms with Crippen LogP contribution in [0.2, 0.25) is 0 Å². The van der Waals surface area contributed by atoms with Gasteiger partial charge in [0.15, 0.2) is 0 Å². The maximum Gasteiger partial charge on any atom is 0.251 e. The summed E-state index contributed by atoms with van der Waals surface area (Å²) in [6, 6.07) is 11.4. The summed E-state index contributed by atoms with van der Waals surface area (Å²) in [6.07, 6.45) is 4.73. The number of hydrogen-bond acceptors (Lipinski definition) is 3. The van der Waals surface area contributed by atoms with E-state index in [2.05, 4.69) is 10.3 Å². The van der Waals surface area contributed by atoms with Crippen LogP contribution in [0.15, 0.2) is 48.8 Å². The topological polar surface area (TPSA) is 55.6 Å². The van der Waals surface area contributed by atoms with Crippen LogP contribution >= 0.6 is 0 Å². The Labute approximate surface area is 127 Å². The molecule has 0 radical (unpaired) electrons. The monoisotopic (exact) mass is 293 g/mol. The lowest BCUT2D eigenvalue weighted by molar-refractivity contribution is 0.0950. The van der Waals surface area contributed by atoms with Crippen LogP contribution in [0.4, 0.5) is 0 Å². The van der Waals surface area contributed by atoms with Crippen LogP contribution in [-0.4, -0.2) is 21.9 Å². The molecule has 1 N–H and O–H groups in total. The van der Waals surface area contributed by atoms with E-state index in [1.807, 2.05) is 47.1 Å². The van der Waals surface area contributed by atoms with Crippen LogP contribution in [-0.2, 0) is 13.0 Å². The molecule has 4 rings (SSSR count). The van der Waals surface area contributed by atoms with Gasteiger partial charge in [-0.2, -0.15) is 0 Å². The van der Waals surface area contributed by atoms with Gasteiger partial charge in [0.25, 0.3) is 5.91 Å². The normalized spacial score (nSPS) is 12.9. The summed E-state index contributed by atoms with van der Waals surface area (Å²) >= 11 is 0. The number of carbonyl (C=O) groups excluding carboxylic acids is 1. The maximum atomic E-state index is 12.2. The quantitative estimate of drug-likeness (QED) is 0.805. The van der Waals surface area contributed by atoms with Crippen molar-refractivity contribution >= 4 is 11.6 Å². The standard InChI is InChI=1S/C17H15N3O2/c21-17(13-4-5-15-12(9-13)6-8-22-15)18-10-14-11-20-7-2-1-3-16(20)19-14/h1-5,7,9,11H,6,8,10H2,(H,18,21). The van der Waals surface area contributed by atoms with Crippen molar-refractivity contribution in [2.45, 2.75) is 13.0 Å². The molecule has 1 aliphatic rings. The lowest BCUT2D eigenvalue weighted by Gasteiger charge is -2.05. The van der Waals surface area contributed by atoms with Crippen LogP contribution in [0.3, 0.4) is 0 Å². The molecule has 3 aromatic rings. The molecule has 22 heavy (non-hydrogen) atoms. The first-order valence-corrected chi connectivity index (χ1v) is 7.26. The second kappa shape index (κ2) is 5.18. The van der Waals surface area contributed by atoms with Crippen molar-refractivity contribution in [3.8, 4) is 5.75 Å². The molecule has 0 unspecified atom stereocenters. The largest absolute Gasteiger partial charge is 0.493 e. The Balaban J connectivity index is 1.47. The molecule has 0 spiro atoms. The van der Waals surface area contributed by atoms with Gasteiger partial charge in [0.05, 0.1) is 18.8 Å². The number of imidazole rings is 1. The lowest BCUT2D eigenvalue weighted by Crippen LogP contribution is -2.23. The number of hydrogen-bond donors (Lipinski definition) is 1. The predicted molar refractivity (Wildman–Crippen MR) is 82.0 cm³/mol. The van der Waals surface area contributed by atoms with Crippen LogP contribution in [0, 0.1) is 0 Å². The molecule has 3 heterocycles. The van der Waals surface area contributed by atoms with Crippen molar-refractivity contribution in [3.05, 3.63) is 65.6 Å². The third-order valence-electron chi connectivity index (χ3n) is 3.80. The zero-order chi connectivity index (χ0) is 14.9. The van der Waals surface area contributed by atoms with Crippen molar-refractivity contribution in [1.29, 1.82) is 0 Å². The number of benzene rings is 1. The smallest absolute Gasteiger partial charge is 0.251 e. The third kappa shape index (κ3) is 2.30. The second-order valence-corrected chi connectivity index (χ2v) is 5.30. The van der Waals surface area contributed by atoms with E-state index in [0.29, 0.717) is 18.7 Å². The van der Waals surface area contributed by atoms with Gasteiger partial charge in [-0.05, 0) is 35.9 Å². The second-order valence-electron chi connectivity index (χ2n) is 5.30. The molecule has 1 aliphatic heterocycles. The molecule has 0 aliphatic carbocycles. The van der Waals surface area contributed by atoms with Gasteiger partial charge in [-0.1, -0.05) is 6.07 Å². The van der Waals surface area contributed by atoms with Crippen molar-refractivity contribution in [3.63, 3.8) is 0 Å². The van der Waals surface area contributed by atoms with E-state index in [4.69, 9.17) is 4.74 Å². The third-order valence-corrected chi connectivity index (χ3v) is 3.80. The van der Waals surface area contributed by atoms with Gasteiger partial charge in [0.2, 0.25) is 0 Å². The minimum atomic E-state index is -0.0910. The van der Waals surface area contributed by atoms with Crippen LogP contribution < -0.4 is 10.1 Å². The van der Waals surface area contributed by atoms with E-state index in [1.165, 1.54) is 0 Å². The number of ether oxygens (including phenoxy) is 1. The van der Waals surface area contributed by atoms with Crippen LogP contribution in [0.5, 0.6) is 5.75 Å². The molecule has 110 valence electrons. The molecule has 1 aromatic carbocycles. The van der Waals surface area contributed by atoms with Crippen LogP contribution in [0.25, 0.3) is 5.65 Å². The highest BCUT2D eigenvalue weighted by Crippen LogP contribution is 2.25. The average Bonchev–Trinajstić information content (AvgIpc) is 3.17. The summed E-state index contributed by atoms with van der Waals surface area (Å²) in [5.74, 6) is 0.795. The molecule has 0 bridgehead atoms. The Morgan fingerprint density at radius 2 is 2.27 bits per heavy atom. The Bertz CT molecular complexity index is 821. The lowest BCUT2D eigenvalue weighted by atomic mass is 10.1. The highest BCUT2D eigenvalue weighted by molar-refractivity contribution is 5.94. The first-order valence-electron chi connectivity index (χ1n) is 7.26. The fourth-order valence-corrected chi connectivity index (χ4v) is 2.67. The van der Waals surface area contributed by atoms with Gasteiger partial charge >= 0.3 is 0 Å². The Morgan fingerprint density at radius 3 is 3.18 bits per heavy atom. The van der Waals surface area contributed by atoms with E-state index >= 15 is 0 Å². The van der Waals surface area contributed by atoms with Crippen molar-refractivity contribution in [2.24, 2.45) is 0 Å². The van der Waals surface area contributed by atoms with Crippen molar-refractivity contribution < 1.29 is 9.53 Å². The molecule has 0 fully saturated rings. The number of rotatable bonds is 3. The van der Waals surface area contributed by atoms with Crippen molar-refractivity contribution in [2.75, 3.05) is 6.61 Å². The molecule has 5 heteroatoms. The fraction of sp³-hybridized carbons (Fsp3) is 0.176. The molecule has 2 aromatic heterocycles. The van der Waals surface area contributed by atoms with E-state index in [-0.39, 0.29) is 5.91 Å². The maximum absolute atomic E-state index is 12.2. The number of pyridine rings is 1. The highest BCUT2D eigenvalue weighted by Gasteiger charge is 2.15. The van der Waals surface area contributed by atoms with Gasteiger partial charge in [0, 0.05) is 24.4 Å². The number of carbonyl (C=O) groups is 1. The summed E-state index contributed by atoms with van der Waals surface area (Å²) in [4.78, 5) is 16.7. The molecular weight excluding hydrogens is 278 g/mol. The SMILES string of the molecule is O=C(NCc1cn2ccccc2n1)c1ccc2c(c1)CCO2. The summed E-state index contributed by atoms with van der Waals surface area (Å²) in [5.41, 5.74) is 3.47. The van der Waals surface area contributed by atoms with Gasteiger partial charge < -0.3 is 14.5 Å². The Morgan fingerprint density at radius 1 is 1.32 bits per heavy atom. The summed E-state index contributed by atoms with van der Waals surface area (Å²) in [5, 5.41) is 2.91. The molecule has 5 nitrogen and oxygen atoms in total. The molecule has 0 saturated heterocycles.